The van der Waals surface area contributed by atoms with Crippen LogP contribution in [0.2, 0.25) is 0 Å². The summed E-state index contributed by atoms with van der Waals surface area (Å²) in [5, 5.41) is 8.76. The first-order valence-corrected chi connectivity index (χ1v) is 7.17. The summed E-state index contributed by atoms with van der Waals surface area (Å²) in [6.45, 7) is 0.357. The molecule has 19 heavy (non-hydrogen) atoms. The maximum Gasteiger partial charge on any atom is 0.240 e. The Morgan fingerprint density at radius 1 is 1.47 bits per heavy atom. The molecule has 0 saturated carbocycles. The minimum Gasteiger partial charge on any atom is -0.344 e. The lowest BCUT2D eigenvalue weighted by molar-refractivity contribution is -0.126. The van der Waals surface area contributed by atoms with Gasteiger partial charge in [-0.3, -0.25) is 4.79 Å². The largest absolute Gasteiger partial charge is 0.344 e. The fourth-order valence-electron chi connectivity index (χ4n) is 1.96. The van der Waals surface area contributed by atoms with Crippen molar-refractivity contribution in [3.8, 4) is 6.07 Å². The molecule has 1 saturated heterocycles. The lowest BCUT2D eigenvalue weighted by Gasteiger charge is -2.12. The van der Waals surface area contributed by atoms with E-state index in [9.17, 15) is 13.2 Å². The van der Waals surface area contributed by atoms with Crippen LogP contribution >= 0.6 is 0 Å². The third-order valence-electron chi connectivity index (χ3n) is 2.94. The van der Waals surface area contributed by atoms with Crippen LogP contribution in [0.25, 0.3) is 0 Å². The van der Waals surface area contributed by atoms with Gasteiger partial charge in [-0.05, 0) is 18.2 Å². The predicted octanol–water partition coefficient (Wildman–Crippen LogP) is 0.0673. The summed E-state index contributed by atoms with van der Waals surface area (Å²) in [6.07, 6.45) is 0.160. The highest BCUT2D eigenvalue weighted by Crippen LogP contribution is 2.15. The van der Waals surface area contributed by atoms with Crippen molar-refractivity contribution < 1.29 is 13.2 Å². The van der Waals surface area contributed by atoms with E-state index in [1.165, 1.54) is 29.2 Å². The van der Waals surface area contributed by atoms with Gasteiger partial charge >= 0.3 is 0 Å². The van der Waals surface area contributed by atoms with E-state index in [2.05, 4.69) is 4.72 Å². The molecule has 100 valence electrons. The fourth-order valence-corrected chi connectivity index (χ4v) is 3.24. The second-order valence-corrected chi connectivity index (χ2v) is 6.15. The van der Waals surface area contributed by atoms with Crippen LogP contribution in [0.1, 0.15) is 12.0 Å². The van der Waals surface area contributed by atoms with Crippen molar-refractivity contribution in [2.24, 2.45) is 0 Å². The van der Waals surface area contributed by atoms with Gasteiger partial charge in [-0.1, -0.05) is 6.07 Å². The minimum absolute atomic E-state index is 0.0357. The number of carbonyl (C=O) groups is 1. The molecule has 1 aliphatic rings. The van der Waals surface area contributed by atoms with E-state index in [1.807, 2.05) is 6.07 Å². The second kappa shape index (κ2) is 4.99. The zero-order valence-corrected chi connectivity index (χ0v) is 11.1. The van der Waals surface area contributed by atoms with E-state index in [4.69, 9.17) is 5.26 Å². The highest BCUT2D eigenvalue weighted by atomic mass is 32.2. The zero-order valence-electron chi connectivity index (χ0n) is 10.3. The van der Waals surface area contributed by atoms with Crippen LogP contribution in [-0.4, -0.2) is 38.9 Å². The zero-order chi connectivity index (χ0) is 14.0. The number of benzene rings is 1. The van der Waals surface area contributed by atoms with Gasteiger partial charge < -0.3 is 4.90 Å². The number of carbonyl (C=O) groups excluding carboxylic acids is 1. The molecule has 0 aliphatic carbocycles. The van der Waals surface area contributed by atoms with E-state index in [0.29, 0.717) is 6.54 Å². The number of hydrogen-bond acceptors (Lipinski definition) is 4. The van der Waals surface area contributed by atoms with Crippen molar-refractivity contribution in [2.75, 3.05) is 13.6 Å². The highest BCUT2D eigenvalue weighted by molar-refractivity contribution is 7.89. The van der Waals surface area contributed by atoms with E-state index >= 15 is 0 Å². The van der Waals surface area contributed by atoms with Gasteiger partial charge in [0.1, 0.15) is 0 Å². The second-order valence-electron chi connectivity index (χ2n) is 4.44. The fraction of sp³-hybridized carbons (Fsp3) is 0.333. The Morgan fingerprint density at radius 3 is 2.79 bits per heavy atom. The van der Waals surface area contributed by atoms with Crippen LogP contribution in [-0.2, 0) is 14.8 Å². The molecule has 1 aromatic rings. The quantitative estimate of drug-likeness (QED) is 0.847. The van der Waals surface area contributed by atoms with Gasteiger partial charge in [0.05, 0.1) is 16.5 Å². The van der Waals surface area contributed by atoms with Crippen LogP contribution in [0.3, 0.4) is 0 Å². The van der Waals surface area contributed by atoms with E-state index in [-0.39, 0.29) is 22.8 Å². The van der Waals surface area contributed by atoms with E-state index in [1.54, 1.807) is 7.05 Å². The lowest BCUT2D eigenvalue weighted by atomic mass is 10.2. The van der Waals surface area contributed by atoms with Gasteiger partial charge in [-0.15, -0.1) is 0 Å². The maximum atomic E-state index is 12.1. The van der Waals surface area contributed by atoms with Crippen molar-refractivity contribution >= 4 is 15.9 Å². The molecular weight excluding hydrogens is 266 g/mol. The summed E-state index contributed by atoms with van der Waals surface area (Å²) in [4.78, 5) is 12.9. The van der Waals surface area contributed by atoms with Gasteiger partial charge in [-0.25, -0.2) is 13.1 Å². The molecule has 1 heterocycles. The summed E-state index contributed by atoms with van der Waals surface area (Å²) in [5.41, 5.74) is 0.280. The first-order valence-electron chi connectivity index (χ1n) is 5.69. The Morgan fingerprint density at radius 2 is 2.21 bits per heavy atom. The summed E-state index contributed by atoms with van der Waals surface area (Å²) in [7, 11) is -2.07. The molecule has 0 spiro atoms. The summed E-state index contributed by atoms with van der Waals surface area (Å²) in [5.74, 6) is -0.0847. The van der Waals surface area contributed by atoms with Gasteiger partial charge in [-0.2, -0.15) is 5.26 Å². The van der Waals surface area contributed by atoms with E-state index in [0.717, 1.165) is 0 Å². The Kier molecular flexibility index (Phi) is 3.55. The van der Waals surface area contributed by atoms with Crippen molar-refractivity contribution in [3.63, 3.8) is 0 Å². The molecule has 1 aromatic carbocycles. The first kappa shape index (κ1) is 13.5. The van der Waals surface area contributed by atoms with Crippen molar-refractivity contribution in [2.45, 2.75) is 17.4 Å². The van der Waals surface area contributed by atoms with Crippen LogP contribution < -0.4 is 4.72 Å². The number of amides is 1. The molecule has 0 aromatic heterocycles. The minimum atomic E-state index is -3.70. The normalized spacial score (nSPS) is 19.5. The number of likely N-dealkylation sites (N-methyl/N-ethyl adjacent to an activating group) is 1. The molecular formula is C12H13N3O3S. The molecule has 1 amide bonds. The molecule has 1 fully saturated rings. The molecule has 0 bridgehead atoms. The van der Waals surface area contributed by atoms with E-state index < -0.39 is 16.1 Å². The molecule has 1 aliphatic heterocycles. The number of rotatable bonds is 3. The van der Waals surface area contributed by atoms with Crippen LogP contribution in [0.15, 0.2) is 29.2 Å². The average molecular weight is 279 g/mol. The molecule has 7 heteroatoms. The van der Waals surface area contributed by atoms with Crippen LogP contribution in [0, 0.1) is 11.3 Å². The standard InChI is InChI=1S/C12H13N3O3S/c1-15-8-10(6-12(15)16)14-19(17,18)11-4-2-3-9(5-11)7-13/h2-5,10,14H,6,8H2,1H3. The van der Waals surface area contributed by atoms with Crippen molar-refractivity contribution in [3.05, 3.63) is 29.8 Å². The molecule has 0 radical (unpaired) electrons. The summed E-state index contributed by atoms with van der Waals surface area (Å²) < 4.78 is 26.7. The smallest absolute Gasteiger partial charge is 0.240 e. The third kappa shape index (κ3) is 2.92. The van der Waals surface area contributed by atoms with Crippen LogP contribution in [0.5, 0.6) is 0 Å². The number of sulfonamides is 1. The molecule has 1 atom stereocenters. The Hall–Kier alpha value is -1.91. The SMILES string of the molecule is CN1CC(NS(=O)(=O)c2cccc(C#N)c2)CC1=O. The maximum absolute atomic E-state index is 12.1. The Bertz CT molecular complexity index is 648. The van der Waals surface area contributed by atoms with Gasteiger partial charge in [0.15, 0.2) is 0 Å². The number of nitrogens with one attached hydrogen (secondary N) is 1. The van der Waals surface area contributed by atoms with Crippen molar-refractivity contribution in [1.82, 2.24) is 9.62 Å². The monoisotopic (exact) mass is 279 g/mol. The first-order chi connectivity index (χ1) is 8.92. The number of nitrogens with zero attached hydrogens (tertiary/aromatic N) is 2. The van der Waals surface area contributed by atoms with Gasteiger partial charge in [0.2, 0.25) is 15.9 Å². The summed E-state index contributed by atoms with van der Waals surface area (Å²) >= 11 is 0. The molecule has 1 unspecified atom stereocenters. The van der Waals surface area contributed by atoms with Crippen LogP contribution in [0.4, 0.5) is 0 Å². The summed E-state index contributed by atoms with van der Waals surface area (Å²) in [6, 6.07) is 7.24. The van der Waals surface area contributed by atoms with Gasteiger partial charge in [0.25, 0.3) is 0 Å². The average Bonchev–Trinajstić information content (AvgIpc) is 2.67. The third-order valence-corrected chi connectivity index (χ3v) is 4.45. The predicted molar refractivity (Wildman–Crippen MR) is 67.5 cm³/mol. The van der Waals surface area contributed by atoms with Gasteiger partial charge in [0, 0.05) is 26.1 Å². The lowest BCUT2D eigenvalue weighted by Crippen LogP contribution is -2.36. The Labute approximate surface area is 111 Å². The number of nitriles is 1. The highest BCUT2D eigenvalue weighted by Gasteiger charge is 2.30. The topological polar surface area (TPSA) is 90.3 Å². The Balaban J connectivity index is 2.19. The molecule has 2 rings (SSSR count). The molecule has 1 N–H and O–H groups in total. The molecule has 6 nitrogen and oxygen atoms in total. The number of likely N-dealkylation sites (tertiary alicyclic amines) is 1. The van der Waals surface area contributed by atoms with Crippen molar-refractivity contribution in [1.29, 1.82) is 5.26 Å². The number of hydrogen-bond donors (Lipinski definition) is 1.